The molecule has 5 nitrogen and oxygen atoms in total. The van der Waals surface area contributed by atoms with Crippen molar-refractivity contribution in [2.45, 2.75) is 0 Å². The Balaban J connectivity index is 2.28. The second kappa shape index (κ2) is 4.45. The van der Waals surface area contributed by atoms with Gasteiger partial charge in [-0.15, -0.1) is 0 Å². The molecule has 5 heteroatoms. The van der Waals surface area contributed by atoms with Crippen LogP contribution in [0.2, 0.25) is 0 Å². The van der Waals surface area contributed by atoms with E-state index in [1.54, 1.807) is 30.9 Å². The van der Waals surface area contributed by atoms with Gasteiger partial charge in [-0.3, -0.25) is 0 Å². The quantitative estimate of drug-likeness (QED) is 0.769. The number of aromatic nitrogens is 2. The number of hydrogen-bond donors (Lipinski definition) is 2. The Bertz CT molecular complexity index is 799. The molecule has 2 N–H and O–H groups in total. The molecule has 0 saturated heterocycles. The lowest BCUT2D eigenvalue weighted by molar-refractivity contribution is 0.0687. The molecule has 0 spiro atoms. The van der Waals surface area contributed by atoms with Gasteiger partial charge >= 0.3 is 5.97 Å². The zero-order valence-corrected chi connectivity index (χ0v) is 11.2. The Morgan fingerprint density at radius 1 is 1.30 bits per heavy atom. The van der Waals surface area contributed by atoms with Crippen molar-refractivity contribution in [1.29, 1.82) is 0 Å². The third-order valence-corrected chi connectivity index (χ3v) is 3.50. The van der Waals surface area contributed by atoms with Crippen LogP contribution >= 0.6 is 0 Å². The van der Waals surface area contributed by atoms with Gasteiger partial charge in [-0.05, 0) is 24.3 Å². The summed E-state index contributed by atoms with van der Waals surface area (Å²) >= 11 is 0. The van der Waals surface area contributed by atoms with Crippen LogP contribution in [-0.4, -0.2) is 27.7 Å². The molecule has 0 amide bonds. The molecule has 0 aliphatic carbocycles. The van der Waals surface area contributed by atoms with Crippen molar-refractivity contribution < 1.29 is 14.6 Å². The van der Waals surface area contributed by atoms with Gasteiger partial charge in [-0.2, -0.15) is 0 Å². The summed E-state index contributed by atoms with van der Waals surface area (Å²) in [5, 5.41) is 10.1. The number of benzene rings is 1. The fourth-order valence-corrected chi connectivity index (χ4v) is 2.52. The molecule has 1 aromatic carbocycles. The van der Waals surface area contributed by atoms with Crippen molar-refractivity contribution in [3.8, 4) is 17.0 Å². The molecule has 3 rings (SSSR count). The van der Waals surface area contributed by atoms with Gasteiger partial charge in [0.15, 0.2) is 0 Å². The molecule has 0 bridgehead atoms. The predicted molar refractivity (Wildman–Crippen MR) is 76.2 cm³/mol. The molecular formula is C15H14N2O3. The topological polar surface area (TPSA) is 67.2 Å². The normalized spacial score (nSPS) is 10.9. The maximum Gasteiger partial charge on any atom is 0.352 e. The second-order valence-corrected chi connectivity index (χ2v) is 4.55. The Morgan fingerprint density at radius 2 is 2.10 bits per heavy atom. The van der Waals surface area contributed by atoms with Gasteiger partial charge in [0, 0.05) is 24.3 Å². The highest BCUT2D eigenvalue weighted by atomic mass is 16.5. The third-order valence-electron chi connectivity index (χ3n) is 3.50. The SMILES string of the molecule is COc1cccc2[nH]cc(-c3ccc(C(=O)O)n3C)c12. The lowest BCUT2D eigenvalue weighted by Gasteiger charge is -2.07. The van der Waals surface area contributed by atoms with E-state index in [1.165, 1.54) is 0 Å². The van der Waals surface area contributed by atoms with Crippen LogP contribution in [0.4, 0.5) is 0 Å². The van der Waals surface area contributed by atoms with E-state index in [2.05, 4.69) is 4.98 Å². The van der Waals surface area contributed by atoms with Crippen LogP contribution in [0.3, 0.4) is 0 Å². The smallest absolute Gasteiger partial charge is 0.352 e. The summed E-state index contributed by atoms with van der Waals surface area (Å²) in [5.74, 6) is -0.178. The van der Waals surface area contributed by atoms with Gasteiger partial charge < -0.3 is 19.4 Å². The van der Waals surface area contributed by atoms with Crippen LogP contribution in [0.25, 0.3) is 22.2 Å². The summed E-state index contributed by atoms with van der Waals surface area (Å²) in [6, 6.07) is 9.17. The molecule has 0 saturated carbocycles. The zero-order chi connectivity index (χ0) is 14.3. The minimum Gasteiger partial charge on any atom is -0.496 e. The number of nitrogens with one attached hydrogen (secondary N) is 1. The summed E-state index contributed by atoms with van der Waals surface area (Å²) in [6.45, 7) is 0. The lowest BCUT2D eigenvalue weighted by Crippen LogP contribution is -2.04. The molecule has 0 aliphatic rings. The van der Waals surface area contributed by atoms with Crippen molar-refractivity contribution in [2.75, 3.05) is 7.11 Å². The Kier molecular flexibility index (Phi) is 2.75. The standard InChI is InChI=1S/C15H14N2O3/c1-17-11(6-7-12(17)15(18)19)9-8-16-10-4-3-5-13(20-2)14(9)10/h3-8,16H,1-2H3,(H,18,19). The van der Waals surface area contributed by atoms with Gasteiger partial charge in [0.05, 0.1) is 18.2 Å². The van der Waals surface area contributed by atoms with Gasteiger partial charge in [0.2, 0.25) is 0 Å². The number of aromatic amines is 1. The first-order chi connectivity index (χ1) is 9.63. The molecule has 0 aliphatic heterocycles. The Labute approximate surface area is 115 Å². The van der Waals surface area contributed by atoms with E-state index in [0.717, 1.165) is 27.9 Å². The molecule has 0 radical (unpaired) electrons. The number of H-pyrrole nitrogens is 1. The summed E-state index contributed by atoms with van der Waals surface area (Å²) in [6.07, 6.45) is 1.87. The summed E-state index contributed by atoms with van der Waals surface area (Å²) in [5.41, 5.74) is 2.97. The average Bonchev–Trinajstić information content (AvgIpc) is 3.01. The number of rotatable bonds is 3. The Morgan fingerprint density at radius 3 is 2.75 bits per heavy atom. The van der Waals surface area contributed by atoms with E-state index in [1.807, 2.05) is 24.4 Å². The van der Waals surface area contributed by atoms with Crippen LogP contribution in [-0.2, 0) is 7.05 Å². The first-order valence-electron chi connectivity index (χ1n) is 6.17. The molecule has 102 valence electrons. The number of carboxylic acid groups (broad SMARTS) is 1. The fourth-order valence-electron chi connectivity index (χ4n) is 2.52. The largest absolute Gasteiger partial charge is 0.496 e. The minimum absolute atomic E-state index is 0.254. The number of aromatic carboxylic acids is 1. The van der Waals surface area contributed by atoms with Crippen molar-refractivity contribution in [2.24, 2.45) is 7.05 Å². The monoisotopic (exact) mass is 270 g/mol. The number of hydrogen-bond acceptors (Lipinski definition) is 2. The average molecular weight is 270 g/mol. The van der Waals surface area contributed by atoms with Crippen LogP contribution in [0.5, 0.6) is 5.75 Å². The maximum absolute atomic E-state index is 11.1. The van der Waals surface area contributed by atoms with E-state index >= 15 is 0 Å². The zero-order valence-electron chi connectivity index (χ0n) is 11.2. The molecule has 3 aromatic rings. The number of fused-ring (bicyclic) bond motifs is 1. The summed E-state index contributed by atoms with van der Waals surface area (Å²) in [4.78, 5) is 14.3. The highest BCUT2D eigenvalue weighted by Crippen LogP contribution is 2.35. The highest BCUT2D eigenvalue weighted by Gasteiger charge is 2.16. The van der Waals surface area contributed by atoms with Crippen LogP contribution < -0.4 is 4.74 Å². The van der Waals surface area contributed by atoms with Gasteiger partial charge in [-0.25, -0.2) is 4.79 Å². The first kappa shape index (κ1) is 12.3. The van der Waals surface area contributed by atoms with E-state index in [9.17, 15) is 4.79 Å². The van der Waals surface area contributed by atoms with Crippen molar-refractivity contribution in [1.82, 2.24) is 9.55 Å². The second-order valence-electron chi connectivity index (χ2n) is 4.55. The fraction of sp³-hybridized carbons (Fsp3) is 0.133. The molecule has 0 fully saturated rings. The first-order valence-corrected chi connectivity index (χ1v) is 6.17. The van der Waals surface area contributed by atoms with Gasteiger partial charge in [0.1, 0.15) is 11.4 Å². The van der Waals surface area contributed by atoms with Crippen molar-refractivity contribution in [3.05, 3.63) is 42.2 Å². The van der Waals surface area contributed by atoms with Gasteiger partial charge in [0.25, 0.3) is 0 Å². The third kappa shape index (κ3) is 1.67. The molecular weight excluding hydrogens is 256 g/mol. The van der Waals surface area contributed by atoms with Crippen molar-refractivity contribution >= 4 is 16.9 Å². The number of carboxylic acids is 1. The lowest BCUT2D eigenvalue weighted by atomic mass is 10.1. The highest BCUT2D eigenvalue weighted by molar-refractivity contribution is 6.00. The van der Waals surface area contributed by atoms with E-state index in [0.29, 0.717) is 0 Å². The number of carbonyl (C=O) groups is 1. The number of methoxy groups -OCH3 is 1. The predicted octanol–water partition coefficient (Wildman–Crippen LogP) is 2.88. The summed E-state index contributed by atoms with van der Waals surface area (Å²) in [7, 11) is 3.37. The number of nitrogens with zero attached hydrogens (tertiary/aromatic N) is 1. The van der Waals surface area contributed by atoms with E-state index in [-0.39, 0.29) is 5.69 Å². The minimum atomic E-state index is -0.939. The maximum atomic E-state index is 11.1. The molecule has 0 unspecified atom stereocenters. The van der Waals surface area contributed by atoms with Gasteiger partial charge in [-0.1, -0.05) is 6.07 Å². The van der Waals surface area contributed by atoms with E-state index in [4.69, 9.17) is 9.84 Å². The number of ether oxygens (including phenoxy) is 1. The molecule has 0 atom stereocenters. The van der Waals surface area contributed by atoms with Crippen molar-refractivity contribution in [3.63, 3.8) is 0 Å². The van der Waals surface area contributed by atoms with Crippen LogP contribution in [0, 0.1) is 0 Å². The van der Waals surface area contributed by atoms with Crippen LogP contribution in [0.15, 0.2) is 36.5 Å². The summed E-state index contributed by atoms with van der Waals surface area (Å²) < 4.78 is 7.06. The molecule has 2 heterocycles. The van der Waals surface area contributed by atoms with E-state index < -0.39 is 5.97 Å². The Hall–Kier alpha value is -2.69. The molecule has 20 heavy (non-hydrogen) atoms. The molecule has 2 aromatic heterocycles. The van der Waals surface area contributed by atoms with Crippen LogP contribution in [0.1, 0.15) is 10.5 Å².